The van der Waals surface area contributed by atoms with Crippen LogP contribution in [0, 0.1) is 0 Å². The van der Waals surface area contributed by atoms with Crippen molar-refractivity contribution in [2.75, 3.05) is 7.11 Å². The predicted molar refractivity (Wildman–Crippen MR) is 106 cm³/mol. The highest BCUT2D eigenvalue weighted by Crippen LogP contribution is 2.33. The number of aromatic nitrogens is 2. The van der Waals surface area contributed by atoms with Gasteiger partial charge < -0.3 is 10.5 Å². The van der Waals surface area contributed by atoms with Crippen LogP contribution in [-0.2, 0) is 0 Å². The molecule has 0 atom stereocenters. The lowest BCUT2D eigenvalue weighted by Gasteiger charge is -2.09. The summed E-state index contributed by atoms with van der Waals surface area (Å²) < 4.78 is 7.14. The Labute approximate surface area is 161 Å². The molecule has 2 aromatic heterocycles. The minimum atomic E-state index is -0.574. The Morgan fingerprint density at radius 1 is 1.04 bits per heavy atom. The molecule has 0 radical (unpaired) electrons. The van der Waals surface area contributed by atoms with E-state index in [2.05, 4.69) is 4.98 Å². The molecule has 0 unspecified atom stereocenters. The first-order chi connectivity index (χ1) is 13.1. The van der Waals surface area contributed by atoms with Gasteiger partial charge in [-0.25, -0.2) is 4.98 Å². The summed E-state index contributed by atoms with van der Waals surface area (Å²) in [7, 11) is 1.62. The average molecular weight is 378 g/mol. The Kier molecular flexibility index (Phi) is 4.30. The molecule has 4 aromatic rings. The number of methoxy groups -OCH3 is 1. The van der Waals surface area contributed by atoms with E-state index < -0.39 is 5.91 Å². The summed E-state index contributed by atoms with van der Waals surface area (Å²) >= 11 is 6.31. The van der Waals surface area contributed by atoms with Crippen molar-refractivity contribution in [3.63, 3.8) is 0 Å². The summed E-state index contributed by atoms with van der Waals surface area (Å²) in [4.78, 5) is 16.8. The third kappa shape index (κ3) is 2.92. The van der Waals surface area contributed by atoms with Gasteiger partial charge in [0.2, 0.25) is 0 Å². The van der Waals surface area contributed by atoms with Gasteiger partial charge >= 0.3 is 0 Å². The van der Waals surface area contributed by atoms with Crippen LogP contribution in [0.3, 0.4) is 0 Å². The minimum absolute atomic E-state index is 0.287. The van der Waals surface area contributed by atoms with Gasteiger partial charge in [0.25, 0.3) is 5.91 Å². The number of rotatable bonds is 4. The van der Waals surface area contributed by atoms with Crippen molar-refractivity contribution < 1.29 is 9.53 Å². The van der Waals surface area contributed by atoms with Crippen LogP contribution >= 0.6 is 11.6 Å². The van der Waals surface area contributed by atoms with Crippen molar-refractivity contribution in [1.82, 2.24) is 9.38 Å². The molecule has 0 saturated heterocycles. The van der Waals surface area contributed by atoms with Crippen LogP contribution in [0.1, 0.15) is 10.5 Å². The SMILES string of the molecule is COc1ccccc1-c1ccc2nc(-c3ccccc3Cl)c(C(N)=O)n2c1. The predicted octanol–water partition coefficient (Wildman–Crippen LogP) is 4.43. The van der Waals surface area contributed by atoms with Crippen LogP contribution < -0.4 is 10.5 Å². The lowest BCUT2D eigenvalue weighted by molar-refractivity contribution is 0.0995. The lowest BCUT2D eigenvalue weighted by atomic mass is 10.1. The summed E-state index contributed by atoms with van der Waals surface area (Å²) in [6, 6.07) is 18.7. The molecule has 134 valence electrons. The van der Waals surface area contributed by atoms with Gasteiger partial charge in [-0.15, -0.1) is 0 Å². The maximum Gasteiger partial charge on any atom is 0.268 e. The summed E-state index contributed by atoms with van der Waals surface area (Å²) in [5, 5.41) is 0.508. The number of carbonyl (C=O) groups excluding carboxylic acids is 1. The van der Waals surface area contributed by atoms with E-state index in [4.69, 9.17) is 22.1 Å². The van der Waals surface area contributed by atoms with Crippen molar-refractivity contribution in [2.45, 2.75) is 0 Å². The number of fused-ring (bicyclic) bond motifs is 1. The molecule has 27 heavy (non-hydrogen) atoms. The first-order valence-electron chi connectivity index (χ1n) is 8.30. The number of imidazole rings is 1. The van der Waals surface area contributed by atoms with Crippen molar-refractivity contribution in [1.29, 1.82) is 0 Å². The Bertz CT molecular complexity index is 1170. The highest BCUT2D eigenvalue weighted by atomic mass is 35.5. The fourth-order valence-electron chi connectivity index (χ4n) is 3.16. The second-order valence-corrected chi connectivity index (χ2v) is 6.41. The summed E-state index contributed by atoms with van der Waals surface area (Å²) in [6.45, 7) is 0. The van der Waals surface area contributed by atoms with E-state index in [1.165, 1.54) is 0 Å². The van der Waals surface area contributed by atoms with Crippen molar-refractivity contribution in [3.8, 4) is 28.1 Å². The molecule has 2 aromatic carbocycles. The standard InChI is InChI=1S/C21H16ClN3O2/c1-27-17-9-5-3-6-14(17)13-10-11-18-24-19(15-7-2-4-8-16(15)22)20(21(23)26)25(18)12-13/h2-12H,1H3,(H2,23,26). The zero-order valence-electron chi connectivity index (χ0n) is 14.5. The molecule has 0 fully saturated rings. The molecule has 2 N–H and O–H groups in total. The average Bonchev–Trinajstić information content (AvgIpc) is 3.06. The second kappa shape index (κ2) is 6.78. The summed E-state index contributed by atoms with van der Waals surface area (Å²) in [6.07, 6.45) is 1.83. The van der Waals surface area contributed by atoms with Gasteiger partial charge in [-0.05, 0) is 24.3 Å². The zero-order chi connectivity index (χ0) is 19.0. The fourth-order valence-corrected chi connectivity index (χ4v) is 3.39. The van der Waals surface area contributed by atoms with Crippen molar-refractivity contribution in [3.05, 3.63) is 77.6 Å². The van der Waals surface area contributed by atoms with E-state index in [1.54, 1.807) is 17.6 Å². The highest BCUT2D eigenvalue weighted by Gasteiger charge is 2.20. The van der Waals surface area contributed by atoms with Crippen molar-refractivity contribution in [2.24, 2.45) is 5.73 Å². The number of halogens is 1. The Morgan fingerprint density at radius 2 is 1.74 bits per heavy atom. The number of amides is 1. The van der Waals surface area contributed by atoms with E-state index in [1.807, 2.05) is 60.8 Å². The number of carbonyl (C=O) groups is 1. The van der Waals surface area contributed by atoms with E-state index in [9.17, 15) is 4.79 Å². The quantitative estimate of drug-likeness (QED) is 0.572. The Hall–Kier alpha value is -3.31. The minimum Gasteiger partial charge on any atom is -0.496 e. The van der Waals surface area contributed by atoms with E-state index in [-0.39, 0.29) is 5.69 Å². The molecular formula is C21H16ClN3O2. The molecule has 2 heterocycles. The molecule has 5 nitrogen and oxygen atoms in total. The zero-order valence-corrected chi connectivity index (χ0v) is 15.3. The number of nitrogens with zero attached hydrogens (tertiary/aromatic N) is 2. The van der Waals surface area contributed by atoms with Gasteiger partial charge in [0.15, 0.2) is 0 Å². The first-order valence-corrected chi connectivity index (χ1v) is 8.68. The number of primary amides is 1. The molecule has 1 amide bonds. The Morgan fingerprint density at radius 3 is 2.44 bits per heavy atom. The van der Waals surface area contributed by atoms with Crippen LogP contribution in [0.15, 0.2) is 66.9 Å². The van der Waals surface area contributed by atoms with Gasteiger partial charge in [-0.3, -0.25) is 9.20 Å². The molecule has 0 aliphatic heterocycles. The molecule has 0 aliphatic rings. The van der Waals surface area contributed by atoms with E-state index in [0.717, 1.165) is 16.9 Å². The topological polar surface area (TPSA) is 69.6 Å². The normalized spacial score (nSPS) is 10.9. The molecule has 4 rings (SSSR count). The van der Waals surface area contributed by atoms with Gasteiger partial charge in [-0.2, -0.15) is 0 Å². The van der Waals surface area contributed by atoms with Gasteiger partial charge in [-0.1, -0.05) is 48.0 Å². The third-order valence-electron chi connectivity index (χ3n) is 4.40. The smallest absolute Gasteiger partial charge is 0.268 e. The monoisotopic (exact) mass is 377 g/mol. The number of hydrogen-bond donors (Lipinski definition) is 1. The fraction of sp³-hybridized carbons (Fsp3) is 0.0476. The van der Waals surface area contributed by atoms with Crippen LogP contribution in [-0.4, -0.2) is 22.4 Å². The largest absolute Gasteiger partial charge is 0.496 e. The number of pyridine rings is 1. The van der Waals surface area contributed by atoms with Crippen molar-refractivity contribution >= 4 is 23.2 Å². The van der Waals surface area contributed by atoms with Crippen LogP contribution in [0.4, 0.5) is 0 Å². The molecule has 0 spiro atoms. The number of benzene rings is 2. The third-order valence-corrected chi connectivity index (χ3v) is 4.73. The molecule has 0 saturated carbocycles. The van der Waals surface area contributed by atoms with E-state index in [0.29, 0.717) is 21.9 Å². The first kappa shape index (κ1) is 17.1. The van der Waals surface area contributed by atoms with Gasteiger partial charge in [0.05, 0.1) is 12.1 Å². The summed E-state index contributed by atoms with van der Waals surface area (Å²) in [5.41, 5.74) is 9.50. The number of nitrogens with two attached hydrogens (primary N) is 1. The number of ether oxygens (including phenoxy) is 1. The highest BCUT2D eigenvalue weighted by molar-refractivity contribution is 6.33. The van der Waals surface area contributed by atoms with Crippen LogP contribution in [0.2, 0.25) is 5.02 Å². The van der Waals surface area contributed by atoms with Gasteiger partial charge in [0.1, 0.15) is 22.8 Å². The Balaban J connectivity index is 1.98. The van der Waals surface area contributed by atoms with Crippen LogP contribution in [0.25, 0.3) is 28.0 Å². The second-order valence-electron chi connectivity index (χ2n) is 6.00. The molecule has 6 heteroatoms. The summed E-state index contributed by atoms with van der Waals surface area (Å²) in [5.74, 6) is 0.165. The molecule has 0 aliphatic carbocycles. The molecule has 0 bridgehead atoms. The lowest BCUT2D eigenvalue weighted by Crippen LogP contribution is -2.15. The van der Waals surface area contributed by atoms with Crippen LogP contribution in [0.5, 0.6) is 5.75 Å². The number of hydrogen-bond acceptors (Lipinski definition) is 3. The van der Waals surface area contributed by atoms with E-state index >= 15 is 0 Å². The number of para-hydroxylation sites is 1. The molecular weight excluding hydrogens is 362 g/mol. The maximum absolute atomic E-state index is 12.2. The van der Waals surface area contributed by atoms with Gasteiger partial charge in [0, 0.05) is 22.9 Å². The maximum atomic E-state index is 12.2.